The van der Waals surface area contributed by atoms with Crippen molar-refractivity contribution in [2.75, 3.05) is 31.2 Å². The minimum atomic E-state index is -3.31. The van der Waals surface area contributed by atoms with E-state index >= 15 is 0 Å². The van der Waals surface area contributed by atoms with Crippen LogP contribution in [-0.4, -0.2) is 56.5 Å². The summed E-state index contributed by atoms with van der Waals surface area (Å²) < 4.78 is 45.3. The van der Waals surface area contributed by atoms with E-state index in [1.807, 2.05) is 13.8 Å². The average molecular weight is 469 g/mol. The molecule has 2 fully saturated rings. The van der Waals surface area contributed by atoms with Gasteiger partial charge in [-0.3, -0.25) is 10.1 Å². The van der Waals surface area contributed by atoms with Crippen molar-refractivity contribution in [3.05, 3.63) is 29.6 Å². The highest BCUT2D eigenvalue weighted by Crippen LogP contribution is 2.33. The number of imide groups is 1. The maximum Gasteiger partial charge on any atom is 0.324 e. The largest absolute Gasteiger partial charge is 0.490 e. The van der Waals surface area contributed by atoms with Gasteiger partial charge in [-0.1, -0.05) is 26.3 Å². The highest BCUT2D eigenvalue weighted by molar-refractivity contribution is 7.91. The van der Waals surface area contributed by atoms with Crippen molar-refractivity contribution in [1.82, 2.24) is 10.2 Å². The molecule has 1 aromatic carbocycles. The third-order valence-electron chi connectivity index (χ3n) is 6.04. The minimum absolute atomic E-state index is 0.00139. The lowest BCUT2D eigenvalue weighted by molar-refractivity contribution is -0.118. The van der Waals surface area contributed by atoms with Gasteiger partial charge in [0.25, 0.3) is 0 Å². The molecule has 0 spiro atoms. The summed E-state index contributed by atoms with van der Waals surface area (Å²) in [7, 11) is -3.31. The molecule has 1 aromatic rings. The number of rotatable bonds is 13. The molecule has 1 aliphatic carbocycles. The van der Waals surface area contributed by atoms with Crippen LogP contribution in [0.5, 0.6) is 5.75 Å². The fourth-order valence-electron chi connectivity index (χ4n) is 3.85. The second kappa shape index (κ2) is 10.6. The van der Waals surface area contributed by atoms with E-state index in [4.69, 9.17) is 4.74 Å². The Hall–Kier alpha value is -2.16. The van der Waals surface area contributed by atoms with Gasteiger partial charge in [-0.2, -0.15) is 0 Å². The normalized spacial score (nSPS) is 17.7. The summed E-state index contributed by atoms with van der Waals surface area (Å²) in [5, 5.41) is 2.22. The summed E-state index contributed by atoms with van der Waals surface area (Å²) in [5.74, 6) is -0.149. The average Bonchev–Trinajstić information content (AvgIpc) is 3.49. The number of ether oxygens (including phenoxy) is 1. The van der Waals surface area contributed by atoms with Crippen molar-refractivity contribution in [2.24, 2.45) is 11.8 Å². The minimum Gasteiger partial charge on any atom is -0.490 e. The number of hydrogen-bond donors (Lipinski definition) is 1. The summed E-state index contributed by atoms with van der Waals surface area (Å²) in [6, 6.07) is 4.28. The van der Waals surface area contributed by atoms with Gasteiger partial charge in [0.1, 0.15) is 6.54 Å². The van der Waals surface area contributed by atoms with E-state index in [-0.39, 0.29) is 47.6 Å². The van der Waals surface area contributed by atoms with Crippen molar-refractivity contribution in [1.29, 1.82) is 0 Å². The summed E-state index contributed by atoms with van der Waals surface area (Å²) in [6.07, 6.45) is 4.01. The zero-order valence-electron chi connectivity index (χ0n) is 18.8. The number of carbonyl (C=O) groups excluding carboxylic acids is 2. The topological polar surface area (TPSA) is 92.8 Å². The summed E-state index contributed by atoms with van der Waals surface area (Å²) >= 11 is 0. The third kappa shape index (κ3) is 7.18. The Labute approximate surface area is 189 Å². The molecule has 0 unspecified atom stereocenters. The molecule has 1 heterocycles. The zero-order chi connectivity index (χ0) is 23.3. The number of nitrogens with zero attached hydrogens (tertiary/aromatic N) is 1. The van der Waals surface area contributed by atoms with Crippen LogP contribution in [0, 0.1) is 17.7 Å². The highest BCUT2D eigenvalue weighted by Gasteiger charge is 2.27. The van der Waals surface area contributed by atoms with Gasteiger partial charge in [0.05, 0.1) is 18.1 Å². The number of amides is 3. The maximum atomic E-state index is 14.1. The first kappa shape index (κ1) is 24.5. The predicted molar refractivity (Wildman–Crippen MR) is 120 cm³/mol. The number of nitrogens with one attached hydrogen (secondary N) is 1. The Morgan fingerprint density at radius 3 is 2.56 bits per heavy atom. The van der Waals surface area contributed by atoms with Crippen LogP contribution in [0.2, 0.25) is 0 Å². The quantitative estimate of drug-likeness (QED) is 0.353. The van der Waals surface area contributed by atoms with Gasteiger partial charge in [0.15, 0.2) is 21.4 Å². The second-order valence-electron chi connectivity index (χ2n) is 9.24. The van der Waals surface area contributed by atoms with Crippen LogP contribution in [0.3, 0.4) is 0 Å². The lowest BCUT2D eigenvalue weighted by Crippen LogP contribution is -2.29. The Balaban J connectivity index is 1.51. The molecule has 1 atom stereocenters. The summed E-state index contributed by atoms with van der Waals surface area (Å²) in [6.45, 7) is 4.94. The molecule has 3 amide bonds. The van der Waals surface area contributed by atoms with E-state index in [9.17, 15) is 22.4 Å². The number of carbonyl (C=O) groups is 2. The standard InChI is InChI=1S/C23H33FN2O5S/c1-16(2)19(18-8-9-20(24)21(12-18)31-14-17-6-7-17)15-32(29,30)11-5-3-4-10-26-13-22(27)25-23(26)28/h8-9,12,16-17,19H,3-7,10-11,13-15H2,1-2H3,(H,25,27,28)/t19-/m1/s1. The molecule has 3 rings (SSSR count). The van der Waals surface area contributed by atoms with E-state index in [0.29, 0.717) is 38.3 Å². The van der Waals surface area contributed by atoms with Crippen LogP contribution in [0.25, 0.3) is 0 Å². The smallest absolute Gasteiger partial charge is 0.324 e. The van der Waals surface area contributed by atoms with Crippen molar-refractivity contribution < 1.29 is 27.1 Å². The second-order valence-corrected chi connectivity index (χ2v) is 11.5. The van der Waals surface area contributed by atoms with Gasteiger partial charge in [-0.25, -0.2) is 17.6 Å². The molecule has 0 bridgehead atoms. The molecular weight excluding hydrogens is 435 g/mol. The molecule has 32 heavy (non-hydrogen) atoms. The van der Waals surface area contributed by atoms with Crippen LogP contribution in [0.4, 0.5) is 9.18 Å². The van der Waals surface area contributed by atoms with Crippen LogP contribution in [-0.2, 0) is 14.6 Å². The molecule has 0 aromatic heterocycles. The first-order chi connectivity index (χ1) is 15.1. The SMILES string of the molecule is CC(C)[C@@H](CS(=O)(=O)CCCCCN1CC(=O)NC1=O)c1ccc(F)c(OCC2CC2)c1. The van der Waals surface area contributed by atoms with Gasteiger partial charge < -0.3 is 9.64 Å². The van der Waals surface area contributed by atoms with Gasteiger partial charge in [0.2, 0.25) is 5.91 Å². The molecule has 178 valence electrons. The fourth-order valence-corrected chi connectivity index (χ4v) is 5.78. The molecule has 1 saturated heterocycles. The van der Waals surface area contributed by atoms with E-state index in [0.717, 1.165) is 18.4 Å². The number of benzene rings is 1. The molecule has 1 aliphatic heterocycles. The van der Waals surface area contributed by atoms with Crippen LogP contribution < -0.4 is 10.1 Å². The van der Waals surface area contributed by atoms with Gasteiger partial charge in [-0.05, 0) is 55.2 Å². The molecule has 1 saturated carbocycles. The highest BCUT2D eigenvalue weighted by atomic mass is 32.2. The summed E-state index contributed by atoms with van der Waals surface area (Å²) in [5.41, 5.74) is 0.778. The Morgan fingerprint density at radius 2 is 1.94 bits per heavy atom. The molecule has 7 nitrogen and oxygen atoms in total. The van der Waals surface area contributed by atoms with Gasteiger partial charge >= 0.3 is 6.03 Å². The monoisotopic (exact) mass is 468 g/mol. The maximum absolute atomic E-state index is 14.1. The van der Waals surface area contributed by atoms with Crippen molar-refractivity contribution in [3.63, 3.8) is 0 Å². The van der Waals surface area contributed by atoms with Crippen molar-refractivity contribution >= 4 is 21.8 Å². The van der Waals surface area contributed by atoms with E-state index < -0.39 is 15.7 Å². The number of sulfone groups is 1. The van der Waals surface area contributed by atoms with Crippen LogP contribution in [0.1, 0.15) is 57.4 Å². The molecule has 0 radical (unpaired) electrons. The summed E-state index contributed by atoms with van der Waals surface area (Å²) in [4.78, 5) is 24.1. The van der Waals surface area contributed by atoms with Crippen LogP contribution in [0.15, 0.2) is 18.2 Å². The first-order valence-corrected chi connectivity index (χ1v) is 13.2. The Bertz CT molecular complexity index is 930. The lowest BCUT2D eigenvalue weighted by atomic mass is 9.90. The first-order valence-electron chi connectivity index (χ1n) is 11.4. The number of urea groups is 1. The zero-order valence-corrected chi connectivity index (χ0v) is 19.6. The lowest BCUT2D eigenvalue weighted by Gasteiger charge is -2.22. The van der Waals surface area contributed by atoms with Crippen molar-refractivity contribution in [3.8, 4) is 5.75 Å². The molecular formula is C23H33FN2O5S. The van der Waals surface area contributed by atoms with E-state index in [1.54, 1.807) is 12.1 Å². The number of halogens is 1. The van der Waals surface area contributed by atoms with Gasteiger partial charge in [-0.15, -0.1) is 0 Å². The van der Waals surface area contributed by atoms with E-state index in [2.05, 4.69) is 5.32 Å². The Morgan fingerprint density at radius 1 is 1.19 bits per heavy atom. The molecule has 2 aliphatic rings. The number of unbranched alkanes of at least 4 members (excludes halogenated alkanes) is 2. The fraction of sp³-hybridized carbons (Fsp3) is 0.652. The Kier molecular flexibility index (Phi) is 8.14. The van der Waals surface area contributed by atoms with E-state index in [1.165, 1.54) is 11.0 Å². The molecule has 9 heteroatoms. The van der Waals surface area contributed by atoms with Crippen LogP contribution >= 0.6 is 0 Å². The third-order valence-corrected chi connectivity index (χ3v) is 7.82. The van der Waals surface area contributed by atoms with Gasteiger partial charge in [0, 0.05) is 12.5 Å². The molecule has 1 N–H and O–H groups in total. The number of hydrogen-bond acceptors (Lipinski definition) is 5. The predicted octanol–water partition coefficient (Wildman–Crippen LogP) is 3.49. The van der Waals surface area contributed by atoms with Crippen molar-refractivity contribution in [2.45, 2.75) is 51.9 Å².